The highest BCUT2D eigenvalue weighted by Crippen LogP contribution is 2.38. The van der Waals surface area contributed by atoms with Crippen LogP contribution in [0.5, 0.6) is 0 Å². The predicted octanol–water partition coefficient (Wildman–Crippen LogP) is 3.97. The molecule has 2 rings (SSSR count). The summed E-state index contributed by atoms with van der Waals surface area (Å²) in [6.07, 6.45) is 4.35. The third-order valence-corrected chi connectivity index (χ3v) is 3.83. The van der Waals surface area contributed by atoms with Gasteiger partial charge in [0.2, 0.25) is 5.91 Å². The van der Waals surface area contributed by atoms with Gasteiger partial charge < -0.3 is 5.32 Å². The summed E-state index contributed by atoms with van der Waals surface area (Å²) in [6, 6.07) is 7.72. The van der Waals surface area contributed by atoms with Crippen LogP contribution in [0.25, 0.3) is 0 Å². The molecule has 2 nitrogen and oxygen atoms in total. The molecule has 1 amide bonds. The van der Waals surface area contributed by atoms with Gasteiger partial charge in [-0.15, -0.1) is 0 Å². The highest BCUT2D eigenvalue weighted by atomic mass is 79.9. The third kappa shape index (κ3) is 2.46. The molecule has 0 unspecified atom stereocenters. The molecule has 0 radical (unpaired) electrons. The van der Waals surface area contributed by atoms with E-state index in [1.807, 2.05) is 24.3 Å². The number of amides is 1. The van der Waals surface area contributed by atoms with Crippen molar-refractivity contribution in [3.8, 4) is 0 Å². The molecule has 1 aliphatic carbocycles. The lowest BCUT2D eigenvalue weighted by atomic mass is 9.88. The van der Waals surface area contributed by atoms with Crippen molar-refractivity contribution < 1.29 is 4.79 Å². The molecule has 0 aliphatic heterocycles. The Labute approximate surface area is 105 Å². The minimum Gasteiger partial charge on any atom is -0.326 e. The van der Waals surface area contributed by atoms with Crippen LogP contribution in [-0.2, 0) is 4.79 Å². The molecule has 0 bridgehead atoms. The monoisotopic (exact) mass is 281 g/mol. The summed E-state index contributed by atoms with van der Waals surface area (Å²) in [5.41, 5.74) is 0.704. The van der Waals surface area contributed by atoms with Crippen LogP contribution in [0.2, 0.25) is 0 Å². The fraction of sp³-hybridized carbons (Fsp3) is 0.462. The maximum absolute atomic E-state index is 12.1. The second-order valence-electron chi connectivity index (χ2n) is 4.73. The van der Waals surface area contributed by atoms with Crippen LogP contribution in [0.15, 0.2) is 28.7 Å². The summed E-state index contributed by atoms with van der Waals surface area (Å²) in [4.78, 5) is 12.1. The van der Waals surface area contributed by atoms with Gasteiger partial charge in [0, 0.05) is 15.6 Å². The highest BCUT2D eigenvalue weighted by Gasteiger charge is 2.36. The van der Waals surface area contributed by atoms with Gasteiger partial charge in [0.05, 0.1) is 0 Å². The van der Waals surface area contributed by atoms with Crippen molar-refractivity contribution in [2.75, 3.05) is 5.32 Å². The molecule has 3 heteroatoms. The second-order valence-corrected chi connectivity index (χ2v) is 5.65. The Morgan fingerprint density at radius 1 is 1.38 bits per heavy atom. The van der Waals surface area contributed by atoms with Gasteiger partial charge in [0.1, 0.15) is 0 Å². The Kier molecular flexibility index (Phi) is 3.33. The van der Waals surface area contributed by atoms with Crippen molar-refractivity contribution in [2.45, 2.75) is 32.6 Å². The van der Waals surface area contributed by atoms with E-state index in [4.69, 9.17) is 0 Å². The molecule has 1 aliphatic rings. The molecule has 1 aromatic rings. The van der Waals surface area contributed by atoms with Gasteiger partial charge in [-0.3, -0.25) is 4.79 Å². The van der Waals surface area contributed by atoms with E-state index in [0.29, 0.717) is 0 Å². The molecule has 0 saturated heterocycles. The Balaban J connectivity index is 2.07. The van der Waals surface area contributed by atoms with Crippen molar-refractivity contribution in [3.05, 3.63) is 28.7 Å². The van der Waals surface area contributed by atoms with Gasteiger partial charge in [-0.05, 0) is 31.0 Å². The minimum atomic E-state index is -0.164. The number of hydrogen-bond acceptors (Lipinski definition) is 1. The summed E-state index contributed by atoms with van der Waals surface area (Å²) in [5, 5.41) is 3.00. The van der Waals surface area contributed by atoms with Gasteiger partial charge in [0.15, 0.2) is 0 Å². The van der Waals surface area contributed by atoms with Crippen LogP contribution >= 0.6 is 15.9 Å². The van der Waals surface area contributed by atoms with Crippen LogP contribution in [0.4, 0.5) is 5.69 Å². The first-order valence-corrected chi connectivity index (χ1v) is 6.46. The summed E-state index contributed by atoms with van der Waals surface area (Å²) in [6.45, 7) is 2.06. The first-order valence-electron chi connectivity index (χ1n) is 5.67. The Morgan fingerprint density at radius 2 is 2.06 bits per heavy atom. The fourth-order valence-corrected chi connectivity index (χ4v) is 2.63. The molecule has 1 aromatic carbocycles. The van der Waals surface area contributed by atoms with Gasteiger partial charge in [-0.2, -0.15) is 0 Å². The molecule has 16 heavy (non-hydrogen) atoms. The van der Waals surface area contributed by atoms with Crippen molar-refractivity contribution in [2.24, 2.45) is 5.41 Å². The topological polar surface area (TPSA) is 29.1 Å². The number of anilines is 1. The van der Waals surface area contributed by atoms with Crippen LogP contribution in [-0.4, -0.2) is 5.91 Å². The van der Waals surface area contributed by atoms with Crippen molar-refractivity contribution in [1.82, 2.24) is 0 Å². The average Bonchev–Trinajstić information content (AvgIpc) is 2.66. The van der Waals surface area contributed by atoms with Gasteiger partial charge in [-0.1, -0.05) is 41.8 Å². The molecule has 0 spiro atoms. The van der Waals surface area contributed by atoms with E-state index >= 15 is 0 Å². The zero-order valence-electron chi connectivity index (χ0n) is 9.42. The Hall–Kier alpha value is -0.830. The van der Waals surface area contributed by atoms with E-state index < -0.39 is 0 Å². The van der Waals surface area contributed by atoms with Crippen molar-refractivity contribution >= 4 is 27.5 Å². The number of nitrogens with one attached hydrogen (secondary N) is 1. The van der Waals surface area contributed by atoms with Gasteiger partial charge >= 0.3 is 0 Å². The lowest BCUT2D eigenvalue weighted by Gasteiger charge is -2.22. The molecule has 0 heterocycles. The Bertz CT molecular complexity index is 397. The number of rotatable bonds is 2. The number of carbonyl (C=O) groups excluding carboxylic acids is 1. The van der Waals surface area contributed by atoms with E-state index in [0.717, 1.165) is 23.0 Å². The normalized spacial score (nSPS) is 18.4. The number of hydrogen-bond donors (Lipinski definition) is 1. The predicted molar refractivity (Wildman–Crippen MR) is 69.3 cm³/mol. The maximum Gasteiger partial charge on any atom is 0.230 e. The van der Waals surface area contributed by atoms with Crippen LogP contribution < -0.4 is 5.32 Å². The van der Waals surface area contributed by atoms with Gasteiger partial charge in [0.25, 0.3) is 0 Å². The van der Waals surface area contributed by atoms with Gasteiger partial charge in [-0.25, -0.2) is 0 Å². The lowest BCUT2D eigenvalue weighted by molar-refractivity contribution is -0.124. The smallest absolute Gasteiger partial charge is 0.230 e. The molecule has 0 atom stereocenters. The molecular weight excluding hydrogens is 266 g/mol. The van der Waals surface area contributed by atoms with Crippen LogP contribution in [0.1, 0.15) is 32.6 Å². The number of benzene rings is 1. The molecule has 0 aromatic heterocycles. The third-order valence-electron chi connectivity index (χ3n) is 3.34. The van der Waals surface area contributed by atoms with E-state index in [1.165, 1.54) is 12.8 Å². The zero-order valence-corrected chi connectivity index (χ0v) is 11.0. The largest absolute Gasteiger partial charge is 0.326 e. The summed E-state index contributed by atoms with van der Waals surface area (Å²) < 4.78 is 0.988. The number of carbonyl (C=O) groups is 1. The summed E-state index contributed by atoms with van der Waals surface area (Å²) >= 11 is 3.40. The molecule has 1 saturated carbocycles. The Morgan fingerprint density at radius 3 is 2.69 bits per heavy atom. The first kappa shape index (κ1) is 11.6. The summed E-state index contributed by atoms with van der Waals surface area (Å²) in [7, 11) is 0. The van der Waals surface area contributed by atoms with Crippen LogP contribution in [0.3, 0.4) is 0 Å². The molecule has 86 valence electrons. The summed E-state index contributed by atoms with van der Waals surface area (Å²) in [5.74, 6) is 0.156. The zero-order chi connectivity index (χ0) is 11.6. The number of halogens is 1. The maximum atomic E-state index is 12.1. The average molecular weight is 282 g/mol. The van der Waals surface area contributed by atoms with E-state index in [2.05, 4.69) is 28.2 Å². The lowest BCUT2D eigenvalue weighted by Crippen LogP contribution is -2.30. The van der Waals surface area contributed by atoms with Crippen molar-refractivity contribution in [3.63, 3.8) is 0 Å². The molecule has 1 fully saturated rings. The SMILES string of the molecule is CC1(C(=O)Nc2cccc(Br)c2)CCCC1. The highest BCUT2D eigenvalue weighted by molar-refractivity contribution is 9.10. The minimum absolute atomic E-state index is 0.156. The van der Waals surface area contributed by atoms with E-state index in [1.54, 1.807) is 0 Å². The fourth-order valence-electron chi connectivity index (χ4n) is 2.23. The van der Waals surface area contributed by atoms with E-state index in [9.17, 15) is 4.79 Å². The molecule has 1 N–H and O–H groups in total. The second kappa shape index (κ2) is 4.58. The van der Waals surface area contributed by atoms with E-state index in [-0.39, 0.29) is 11.3 Å². The van der Waals surface area contributed by atoms with Crippen LogP contribution in [0, 0.1) is 5.41 Å². The molecular formula is C13H16BrNO. The first-order chi connectivity index (χ1) is 7.60. The quantitative estimate of drug-likeness (QED) is 0.873. The van der Waals surface area contributed by atoms with Crippen molar-refractivity contribution in [1.29, 1.82) is 0 Å². The standard InChI is InChI=1S/C13H16BrNO/c1-13(7-2-3-8-13)12(16)15-11-6-4-5-10(14)9-11/h4-6,9H,2-3,7-8H2,1H3,(H,15,16).